The van der Waals surface area contributed by atoms with Crippen LogP contribution in [-0.4, -0.2) is 43.6 Å². The van der Waals surface area contributed by atoms with Crippen molar-refractivity contribution in [1.82, 2.24) is 16.0 Å². The molecule has 0 bridgehead atoms. The number of carbonyl (C=O) groups is 3. The number of amides is 3. The molecule has 7 heteroatoms. The first-order valence-corrected chi connectivity index (χ1v) is 8.52. The summed E-state index contributed by atoms with van der Waals surface area (Å²) >= 11 is 0. The summed E-state index contributed by atoms with van der Waals surface area (Å²) in [6, 6.07) is -0.604. The molecule has 3 amide bonds. The van der Waals surface area contributed by atoms with Gasteiger partial charge >= 0.3 is 6.09 Å². The number of hydrogen-bond acceptors (Lipinski definition) is 4. The first kappa shape index (κ1) is 21.2. The summed E-state index contributed by atoms with van der Waals surface area (Å²) in [6.45, 7) is 7.00. The molecule has 0 heterocycles. The Labute approximate surface area is 138 Å². The van der Waals surface area contributed by atoms with Crippen LogP contribution in [0.15, 0.2) is 0 Å². The Morgan fingerprint density at radius 2 is 1.65 bits per heavy atom. The van der Waals surface area contributed by atoms with E-state index in [2.05, 4.69) is 16.0 Å². The number of carbonyl (C=O) groups excluding carboxylic acids is 3. The van der Waals surface area contributed by atoms with E-state index in [1.54, 1.807) is 13.8 Å². The molecular formula is C16H31N3O4. The van der Waals surface area contributed by atoms with Gasteiger partial charge in [0.2, 0.25) is 11.8 Å². The first-order chi connectivity index (χ1) is 11.0. The van der Waals surface area contributed by atoms with E-state index in [1.807, 2.05) is 6.92 Å². The smallest absolute Gasteiger partial charge is 0.407 e. The van der Waals surface area contributed by atoms with Gasteiger partial charge in [0.1, 0.15) is 6.04 Å². The van der Waals surface area contributed by atoms with Crippen LogP contribution in [0.25, 0.3) is 0 Å². The Morgan fingerprint density at radius 3 is 2.26 bits per heavy atom. The van der Waals surface area contributed by atoms with E-state index in [0.29, 0.717) is 25.9 Å². The maximum absolute atomic E-state index is 12.1. The molecule has 1 unspecified atom stereocenters. The van der Waals surface area contributed by atoms with Crippen molar-refractivity contribution in [3.05, 3.63) is 0 Å². The standard InChI is InChI=1S/C16H31N3O4/c1-4-7-11-18-15(21)13(19-16(22)23-6-3)10-8-9-12-17-14(20)5-2/h13H,4-12H2,1-3H3,(H,17,20)(H,18,21)(H,19,22). The zero-order valence-corrected chi connectivity index (χ0v) is 14.6. The lowest BCUT2D eigenvalue weighted by atomic mass is 10.1. The molecule has 134 valence electrons. The van der Waals surface area contributed by atoms with Crippen LogP contribution >= 0.6 is 0 Å². The molecule has 23 heavy (non-hydrogen) atoms. The highest BCUT2D eigenvalue weighted by atomic mass is 16.5. The molecule has 0 saturated carbocycles. The number of unbranched alkanes of at least 4 members (excludes halogenated alkanes) is 2. The largest absolute Gasteiger partial charge is 0.450 e. The Kier molecular flexibility index (Phi) is 12.8. The zero-order valence-electron chi connectivity index (χ0n) is 14.6. The second-order valence-electron chi connectivity index (χ2n) is 5.26. The summed E-state index contributed by atoms with van der Waals surface area (Å²) in [7, 11) is 0. The molecule has 0 radical (unpaired) electrons. The van der Waals surface area contributed by atoms with Crippen LogP contribution in [0, 0.1) is 0 Å². The predicted molar refractivity (Wildman–Crippen MR) is 89.0 cm³/mol. The Balaban J connectivity index is 4.22. The van der Waals surface area contributed by atoms with E-state index in [4.69, 9.17) is 4.74 Å². The van der Waals surface area contributed by atoms with Gasteiger partial charge in [-0.2, -0.15) is 0 Å². The summed E-state index contributed by atoms with van der Waals surface area (Å²) in [6.07, 6.45) is 3.78. The second kappa shape index (κ2) is 13.8. The van der Waals surface area contributed by atoms with E-state index in [9.17, 15) is 14.4 Å². The molecule has 0 aromatic carbocycles. The molecule has 0 aromatic heterocycles. The number of nitrogens with one attached hydrogen (secondary N) is 3. The minimum atomic E-state index is -0.604. The van der Waals surface area contributed by atoms with Gasteiger partial charge in [-0.25, -0.2) is 4.79 Å². The molecular weight excluding hydrogens is 298 g/mol. The molecule has 0 saturated heterocycles. The van der Waals surface area contributed by atoms with Gasteiger partial charge in [0.25, 0.3) is 0 Å². The lowest BCUT2D eigenvalue weighted by molar-refractivity contribution is -0.123. The van der Waals surface area contributed by atoms with Crippen LogP contribution in [0.2, 0.25) is 0 Å². The third kappa shape index (κ3) is 11.4. The van der Waals surface area contributed by atoms with Gasteiger partial charge in [0, 0.05) is 19.5 Å². The fourth-order valence-electron chi connectivity index (χ4n) is 1.92. The number of hydrogen-bond donors (Lipinski definition) is 3. The third-order valence-electron chi connectivity index (χ3n) is 3.28. The summed E-state index contributed by atoms with van der Waals surface area (Å²) in [5.41, 5.74) is 0. The highest BCUT2D eigenvalue weighted by molar-refractivity contribution is 5.85. The molecule has 0 spiro atoms. The van der Waals surface area contributed by atoms with Crippen molar-refractivity contribution in [2.45, 2.75) is 65.3 Å². The van der Waals surface area contributed by atoms with Crippen LogP contribution in [0.3, 0.4) is 0 Å². The molecule has 1 atom stereocenters. The topological polar surface area (TPSA) is 96.5 Å². The fraction of sp³-hybridized carbons (Fsp3) is 0.812. The van der Waals surface area contributed by atoms with Gasteiger partial charge in [-0.05, 0) is 32.6 Å². The lowest BCUT2D eigenvalue weighted by Crippen LogP contribution is -2.47. The zero-order chi connectivity index (χ0) is 17.5. The van der Waals surface area contributed by atoms with Crippen LogP contribution < -0.4 is 16.0 Å². The Hall–Kier alpha value is -1.79. The molecule has 0 aliphatic carbocycles. The SMILES string of the molecule is CCCCNC(=O)C(CCCCNC(=O)CC)NC(=O)OCC. The highest BCUT2D eigenvalue weighted by Crippen LogP contribution is 2.02. The van der Waals surface area contributed by atoms with Crippen molar-refractivity contribution >= 4 is 17.9 Å². The van der Waals surface area contributed by atoms with Crippen molar-refractivity contribution in [1.29, 1.82) is 0 Å². The van der Waals surface area contributed by atoms with Gasteiger partial charge in [-0.1, -0.05) is 20.3 Å². The highest BCUT2D eigenvalue weighted by Gasteiger charge is 2.20. The predicted octanol–water partition coefficient (Wildman–Crippen LogP) is 1.71. The lowest BCUT2D eigenvalue weighted by Gasteiger charge is -2.18. The van der Waals surface area contributed by atoms with Crippen molar-refractivity contribution in [2.75, 3.05) is 19.7 Å². The van der Waals surface area contributed by atoms with Crippen LogP contribution in [0.4, 0.5) is 4.79 Å². The summed E-state index contributed by atoms with van der Waals surface area (Å²) < 4.78 is 4.83. The van der Waals surface area contributed by atoms with Crippen molar-refractivity contribution < 1.29 is 19.1 Å². The summed E-state index contributed by atoms with van der Waals surface area (Å²) in [4.78, 5) is 34.8. The fourth-order valence-corrected chi connectivity index (χ4v) is 1.92. The van der Waals surface area contributed by atoms with E-state index >= 15 is 0 Å². The molecule has 0 rings (SSSR count). The van der Waals surface area contributed by atoms with E-state index in [1.165, 1.54) is 0 Å². The quantitative estimate of drug-likeness (QED) is 0.475. The molecule has 0 aliphatic rings. The Bertz CT molecular complexity index is 361. The molecule has 7 nitrogen and oxygen atoms in total. The van der Waals surface area contributed by atoms with E-state index < -0.39 is 12.1 Å². The van der Waals surface area contributed by atoms with Gasteiger partial charge in [0.05, 0.1) is 6.61 Å². The molecule has 3 N–H and O–H groups in total. The van der Waals surface area contributed by atoms with Gasteiger partial charge < -0.3 is 20.7 Å². The number of rotatable bonds is 12. The maximum Gasteiger partial charge on any atom is 0.407 e. The first-order valence-electron chi connectivity index (χ1n) is 8.52. The van der Waals surface area contributed by atoms with E-state index in [0.717, 1.165) is 25.7 Å². The minimum absolute atomic E-state index is 0.0171. The average molecular weight is 329 g/mol. The van der Waals surface area contributed by atoms with Gasteiger partial charge in [0.15, 0.2) is 0 Å². The third-order valence-corrected chi connectivity index (χ3v) is 3.28. The van der Waals surface area contributed by atoms with Crippen molar-refractivity contribution in [3.63, 3.8) is 0 Å². The van der Waals surface area contributed by atoms with Crippen molar-refractivity contribution in [3.8, 4) is 0 Å². The second-order valence-corrected chi connectivity index (χ2v) is 5.26. The van der Waals surface area contributed by atoms with Crippen LogP contribution in [-0.2, 0) is 14.3 Å². The molecule has 0 aliphatic heterocycles. The van der Waals surface area contributed by atoms with Crippen LogP contribution in [0.5, 0.6) is 0 Å². The van der Waals surface area contributed by atoms with E-state index in [-0.39, 0.29) is 18.4 Å². The number of ether oxygens (including phenoxy) is 1. The van der Waals surface area contributed by atoms with Gasteiger partial charge in [-0.3, -0.25) is 9.59 Å². The normalized spacial score (nSPS) is 11.4. The Morgan fingerprint density at radius 1 is 0.957 bits per heavy atom. The monoisotopic (exact) mass is 329 g/mol. The molecule has 0 aromatic rings. The maximum atomic E-state index is 12.1. The summed E-state index contributed by atoms with van der Waals surface area (Å²) in [5.74, 6) is -0.174. The van der Waals surface area contributed by atoms with Crippen LogP contribution in [0.1, 0.15) is 59.3 Å². The number of alkyl carbamates (subject to hydrolysis) is 1. The average Bonchev–Trinajstić information content (AvgIpc) is 2.53. The summed E-state index contributed by atoms with van der Waals surface area (Å²) in [5, 5.41) is 8.20. The van der Waals surface area contributed by atoms with Gasteiger partial charge in [-0.15, -0.1) is 0 Å². The molecule has 0 fully saturated rings. The minimum Gasteiger partial charge on any atom is -0.450 e. The van der Waals surface area contributed by atoms with Crippen molar-refractivity contribution in [2.24, 2.45) is 0 Å².